The number of hydrogen-bond donors (Lipinski definition) is 0. The summed E-state index contributed by atoms with van der Waals surface area (Å²) in [5, 5.41) is 3.20. The zero-order valence-electron chi connectivity index (χ0n) is 15.9. The topological polar surface area (TPSA) is 40.6 Å². The number of amides is 1. The first-order valence-electron chi connectivity index (χ1n) is 8.84. The number of Topliss-reactive ketones (excluding diaryl/α,β-unsaturated/α-hetero) is 1. The summed E-state index contributed by atoms with van der Waals surface area (Å²) in [6, 6.07) is 4.78. The van der Waals surface area contributed by atoms with E-state index >= 15 is 0 Å². The Morgan fingerprint density at radius 2 is 1.67 bits per heavy atom. The molecule has 0 fully saturated rings. The lowest BCUT2D eigenvalue weighted by Gasteiger charge is -2.44. The van der Waals surface area contributed by atoms with Crippen LogP contribution in [0.5, 0.6) is 0 Å². The second-order valence-corrected chi connectivity index (χ2v) is 8.23. The maximum Gasteiger partial charge on any atom is 0.416 e. The van der Waals surface area contributed by atoms with Gasteiger partial charge in [-0.3, -0.25) is 9.59 Å². The van der Waals surface area contributed by atoms with Gasteiger partial charge in [0.25, 0.3) is 0 Å². The molecule has 0 bridgehead atoms. The van der Waals surface area contributed by atoms with Crippen molar-refractivity contribution >= 4 is 11.7 Å². The third kappa shape index (κ3) is 3.65. The number of carbonyl (C=O) groups excluding carboxylic acids is 2. The van der Waals surface area contributed by atoms with Crippen LogP contribution in [-0.2, 0) is 15.8 Å². The Morgan fingerprint density at radius 1 is 1.07 bits per heavy atom. The van der Waals surface area contributed by atoms with E-state index in [-0.39, 0.29) is 23.5 Å². The number of carbonyl (C=O) groups is 2. The highest BCUT2D eigenvalue weighted by Gasteiger charge is 2.44. The van der Waals surface area contributed by atoms with E-state index in [1.165, 1.54) is 17.1 Å². The maximum absolute atomic E-state index is 12.9. The Balaban J connectivity index is 2.10. The van der Waals surface area contributed by atoms with Crippen LogP contribution < -0.4 is 0 Å². The summed E-state index contributed by atoms with van der Waals surface area (Å²) in [6.07, 6.45) is -3.43. The summed E-state index contributed by atoms with van der Waals surface area (Å²) in [4.78, 5) is 25.7. The van der Waals surface area contributed by atoms with Gasteiger partial charge in [0.15, 0.2) is 5.78 Å². The molecule has 1 aliphatic heterocycles. The van der Waals surface area contributed by atoms with Gasteiger partial charge in [-0.15, -0.1) is 0 Å². The Morgan fingerprint density at radius 3 is 2.19 bits per heavy atom. The molecule has 0 aromatic heterocycles. The molecule has 3 rings (SSSR count). The lowest BCUT2D eigenvalue weighted by molar-refractivity contribution is -0.144. The Hall–Kier alpha value is -2.15. The number of rotatable bonds is 2. The van der Waals surface area contributed by atoms with Crippen molar-refractivity contribution in [1.29, 1.82) is 0 Å². The number of benzene rings is 1. The minimum atomic E-state index is -4.42. The van der Waals surface area contributed by atoms with Gasteiger partial charge in [0.05, 0.1) is 5.56 Å². The van der Waals surface area contributed by atoms with Gasteiger partial charge in [-0.2, -0.15) is 13.2 Å². The first-order chi connectivity index (χ1) is 12.4. The van der Waals surface area contributed by atoms with Crippen molar-refractivity contribution in [3.8, 4) is 0 Å². The molecule has 146 valence electrons. The van der Waals surface area contributed by atoms with E-state index in [2.05, 4.69) is 0 Å². The van der Waals surface area contributed by atoms with Crippen molar-refractivity contribution in [2.24, 2.45) is 5.41 Å². The number of ketones is 1. The van der Waals surface area contributed by atoms with E-state index in [1.807, 2.05) is 13.8 Å². The van der Waals surface area contributed by atoms with Crippen LogP contribution in [-0.4, -0.2) is 35.8 Å². The van der Waals surface area contributed by atoms with Crippen LogP contribution in [0.4, 0.5) is 13.2 Å². The standard InChI is InChI=1S/C20H23F3N2O2/c1-19(2)10-15-18(16(26)11-19)14(9-17(27)25(15)24(3)4)12-5-7-13(8-6-12)20(21,22)23/h5-8,14H,9-11H2,1-4H3. The molecule has 1 aromatic rings. The van der Waals surface area contributed by atoms with Crippen molar-refractivity contribution in [3.05, 3.63) is 46.7 Å². The van der Waals surface area contributed by atoms with E-state index in [4.69, 9.17) is 0 Å². The first kappa shape index (κ1) is 19.6. The highest BCUT2D eigenvalue weighted by Crippen LogP contribution is 2.47. The van der Waals surface area contributed by atoms with Crippen molar-refractivity contribution in [1.82, 2.24) is 10.0 Å². The van der Waals surface area contributed by atoms with Gasteiger partial charge in [-0.05, 0) is 29.5 Å². The van der Waals surface area contributed by atoms with Crippen LogP contribution in [0.2, 0.25) is 0 Å². The molecule has 1 aliphatic carbocycles. The van der Waals surface area contributed by atoms with Gasteiger partial charge in [-0.25, -0.2) is 10.0 Å². The second kappa shape index (κ2) is 6.48. The van der Waals surface area contributed by atoms with Crippen LogP contribution in [0.3, 0.4) is 0 Å². The monoisotopic (exact) mass is 380 g/mol. The molecule has 1 aromatic carbocycles. The number of halogens is 3. The molecule has 0 radical (unpaired) electrons. The summed E-state index contributed by atoms with van der Waals surface area (Å²) in [5.74, 6) is -0.700. The summed E-state index contributed by atoms with van der Waals surface area (Å²) < 4.78 is 38.6. The van der Waals surface area contributed by atoms with Gasteiger partial charge in [-0.1, -0.05) is 26.0 Å². The Bertz CT molecular complexity index is 808. The third-order valence-corrected chi connectivity index (χ3v) is 5.16. The lowest BCUT2D eigenvalue weighted by Crippen LogP contribution is -2.49. The number of hydrogen-bond acceptors (Lipinski definition) is 3. The molecule has 0 saturated heterocycles. The molecule has 2 aliphatic rings. The average Bonchev–Trinajstić information content (AvgIpc) is 2.51. The zero-order chi connectivity index (χ0) is 20.1. The zero-order valence-corrected chi connectivity index (χ0v) is 15.9. The van der Waals surface area contributed by atoms with E-state index in [9.17, 15) is 22.8 Å². The molecular formula is C20H23F3N2O2. The summed E-state index contributed by atoms with van der Waals surface area (Å²) in [7, 11) is 3.49. The molecule has 0 N–H and O–H groups in total. The Kier molecular flexibility index (Phi) is 4.70. The van der Waals surface area contributed by atoms with Crippen LogP contribution in [0.15, 0.2) is 35.5 Å². The minimum Gasteiger partial charge on any atom is -0.294 e. The van der Waals surface area contributed by atoms with Crippen LogP contribution >= 0.6 is 0 Å². The van der Waals surface area contributed by atoms with Gasteiger partial charge in [0.1, 0.15) is 0 Å². The second-order valence-electron chi connectivity index (χ2n) is 8.23. The van der Waals surface area contributed by atoms with Gasteiger partial charge < -0.3 is 0 Å². The van der Waals surface area contributed by atoms with E-state index in [0.717, 1.165) is 12.1 Å². The Labute approximate surface area is 156 Å². The fourth-order valence-electron chi connectivity index (χ4n) is 4.05. The quantitative estimate of drug-likeness (QED) is 0.774. The molecular weight excluding hydrogens is 357 g/mol. The number of allylic oxidation sites excluding steroid dienone is 2. The minimum absolute atomic E-state index is 0.0366. The van der Waals surface area contributed by atoms with Gasteiger partial charge in [0, 0.05) is 44.1 Å². The first-order valence-corrected chi connectivity index (χ1v) is 8.84. The lowest BCUT2D eigenvalue weighted by atomic mass is 9.69. The van der Waals surface area contributed by atoms with E-state index in [0.29, 0.717) is 29.7 Å². The number of alkyl halides is 3. The molecule has 7 heteroatoms. The highest BCUT2D eigenvalue weighted by atomic mass is 19.4. The number of nitrogens with zero attached hydrogens (tertiary/aromatic N) is 2. The predicted molar refractivity (Wildman–Crippen MR) is 94.4 cm³/mol. The molecule has 1 unspecified atom stereocenters. The molecule has 4 nitrogen and oxygen atoms in total. The highest BCUT2D eigenvalue weighted by molar-refractivity contribution is 6.01. The van der Waals surface area contributed by atoms with E-state index < -0.39 is 17.7 Å². The largest absolute Gasteiger partial charge is 0.416 e. The van der Waals surface area contributed by atoms with Gasteiger partial charge in [0.2, 0.25) is 5.91 Å². The molecule has 0 spiro atoms. The molecule has 0 saturated carbocycles. The molecule has 1 atom stereocenters. The maximum atomic E-state index is 12.9. The normalized spacial score (nSPS) is 23.1. The predicted octanol–water partition coefficient (Wildman–Crippen LogP) is 4.14. The smallest absolute Gasteiger partial charge is 0.294 e. The van der Waals surface area contributed by atoms with Crippen LogP contribution in [0.25, 0.3) is 0 Å². The fourth-order valence-corrected chi connectivity index (χ4v) is 4.05. The summed E-state index contributed by atoms with van der Waals surface area (Å²) in [6.45, 7) is 3.96. The molecule has 1 heterocycles. The van der Waals surface area contributed by atoms with Crippen LogP contribution in [0.1, 0.15) is 50.2 Å². The molecule has 27 heavy (non-hydrogen) atoms. The fraction of sp³-hybridized carbons (Fsp3) is 0.500. The summed E-state index contributed by atoms with van der Waals surface area (Å²) >= 11 is 0. The van der Waals surface area contributed by atoms with Crippen LogP contribution in [0, 0.1) is 5.41 Å². The molecule has 1 amide bonds. The SMILES string of the molecule is CN(C)N1C(=O)CC(c2ccc(C(F)(F)F)cc2)C2=C1CC(C)(C)CC2=O. The van der Waals surface area contributed by atoms with Gasteiger partial charge >= 0.3 is 6.18 Å². The van der Waals surface area contributed by atoms with Crippen molar-refractivity contribution in [2.75, 3.05) is 14.1 Å². The van der Waals surface area contributed by atoms with Crippen molar-refractivity contribution in [2.45, 2.75) is 45.2 Å². The third-order valence-electron chi connectivity index (χ3n) is 5.16. The van der Waals surface area contributed by atoms with E-state index in [1.54, 1.807) is 19.1 Å². The van der Waals surface area contributed by atoms with Crippen molar-refractivity contribution in [3.63, 3.8) is 0 Å². The van der Waals surface area contributed by atoms with Crippen molar-refractivity contribution < 1.29 is 22.8 Å². The average molecular weight is 380 g/mol. The number of hydrazine groups is 1. The summed E-state index contributed by atoms with van der Waals surface area (Å²) in [5.41, 5.74) is 0.778.